The summed E-state index contributed by atoms with van der Waals surface area (Å²) in [6.07, 6.45) is 72.8. The van der Waals surface area contributed by atoms with E-state index in [1.165, 1.54) is 218 Å². The van der Waals surface area contributed by atoms with Crippen LogP contribution in [0.1, 0.15) is 342 Å². The van der Waals surface area contributed by atoms with E-state index in [1.54, 1.807) is 0 Å². The van der Waals surface area contributed by atoms with Gasteiger partial charge in [0.1, 0.15) is 13.2 Å². The van der Waals surface area contributed by atoms with Gasteiger partial charge < -0.3 is 14.2 Å². The number of rotatable bonds is 58. The van der Waals surface area contributed by atoms with Crippen molar-refractivity contribution in [2.75, 3.05) is 13.2 Å². The third-order valence-corrected chi connectivity index (χ3v) is 14.1. The first-order valence-corrected chi connectivity index (χ1v) is 31.5. The lowest BCUT2D eigenvalue weighted by molar-refractivity contribution is -0.167. The van der Waals surface area contributed by atoms with Crippen molar-refractivity contribution in [3.05, 3.63) is 36.5 Å². The van der Waals surface area contributed by atoms with Crippen LogP contribution in [0.15, 0.2) is 36.5 Å². The van der Waals surface area contributed by atoms with E-state index in [0.29, 0.717) is 19.3 Å². The highest BCUT2D eigenvalue weighted by molar-refractivity contribution is 5.71. The summed E-state index contributed by atoms with van der Waals surface area (Å²) >= 11 is 0. The minimum atomic E-state index is -0.781. The Labute approximate surface area is 442 Å². The fourth-order valence-corrected chi connectivity index (χ4v) is 9.39. The summed E-state index contributed by atoms with van der Waals surface area (Å²) in [5.74, 6) is -0.873. The van der Waals surface area contributed by atoms with Gasteiger partial charge in [0.15, 0.2) is 6.10 Å². The number of ether oxygens (including phenoxy) is 3. The van der Waals surface area contributed by atoms with E-state index in [1.807, 2.05) is 0 Å². The molecule has 0 aliphatic carbocycles. The topological polar surface area (TPSA) is 78.9 Å². The number of carbonyl (C=O) groups excluding carboxylic acids is 3. The minimum absolute atomic E-state index is 0.0760. The molecule has 0 saturated carbocycles. The van der Waals surface area contributed by atoms with Crippen molar-refractivity contribution in [2.24, 2.45) is 0 Å². The molecule has 0 unspecified atom stereocenters. The molecule has 1 atom stereocenters. The molecule has 0 heterocycles. The number of esters is 3. The Morgan fingerprint density at radius 3 is 0.817 bits per heavy atom. The van der Waals surface area contributed by atoms with Crippen LogP contribution in [-0.4, -0.2) is 37.2 Å². The van der Waals surface area contributed by atoms with Crippen molar-refractivity contribution in [1.82, 2.24) is 0 Å². The molecule has 416 valence electrons. The second-order valence-electron chi connectivity index (χ2n) is 21.3. The van der Waals surface area contributed by atoms with Gasteiger partial charge in [0.05, 0.1) is 0 Å². The number of hydrogen-bond donors (Lipinski definition) is 0. The van der Waals surface area contributed by atoms with Crippen molar-refractivity contribution in [1.29, 1.82) is 0 Å². The number of hydrogen-bond acceptors (Lipinski definition) is 6. The minimum Gasteiger partial charge on any atom is -0.462 e. The van der Waals surface area contributed by atoms with Crippen LogP contribution < -0.4 is 0 Å². The zero-order valence-corrected chi connectivity index (χ0v) is 47.8. The molecular formula is C65H120O6. The first-order chi connectivity index (χ1) is 35.0. The Morgan fingerprint density at radius 2 is 0.507 bits per heavy atom. The van der Waals surface area contributed by atoms with Crippen LogP contribution in [0.25, 0.3) is 0 Å². The molecule has 0 radical (unpaired) electrons. The summed E-state index contributed by atoms with van der Waals surface area (Å²) in [7, 11) is 0. The molecular weight excluding hydrogens is 877 g/mol. The molecule has 0 bridgehead atoms. The standard InChI is InChI=1S/C65H120O6/c1-4-7-10-13-16-19-22-25-28-31-32-35-37-40-43-46-49-52-55-58-64(67)70-61-62(71-65(68)59-56-53-50-47-44-41-38-34-30-27-24-21-18-15-12-9-6-3)60-69-63(66)57-54-51-48-45-42-39-36-33-29-26-23-20-17-14-11-8-5-2/h18,21,27,30,38,41,62H,4-17,19-20,22-26,28-29,31-37,39-40,42-61H2,1-3H3/b21-18-,30-27-,41-38-/t62-/m0/s1. The number of allylic oxidation sites excluding steroid dienone is 6. The Balaban J connectivity index is 4.35. The average molecular weight is 998 g/mol. The molecule has 6 heteroatoms. The van der Waals surface area contributed by atoms with Crippen LogP contribution in [0.3, 0.4) is 0 Å². The van der Waals surface area contributed by atoms with Gasteiger partial charge in [-0.1, -0.05) is 301 Å². The molecule has 71 heavy (non-hydrogen) atoms. The fraction of sp³-hybridized carbons (Fsp3) is 0.862. The summed E-state index contributed by atoms with van der Waals surface area (Å²) in [5, 5.41) is 0. The van der Waals surface area contributed by atoms with E-state index >= 15 is 0 Å². The lowest BCUT2D eigenvalue weighted by atomic mass is 10.0. The third kappa shape index (κ3) is 58.4. The summed E-state index contributed by atoms with van der Waals surface area (Å²) in [5.41, 5.74) is 0. The smallest absolute Gasteiger partial charge is 0.306 e. The van der Waals surface area contributed by atoms with Gasteiger partial charge in [0.2, 0.25) is 0 Å². The maximum Gasteiger partial charge on any atom is 0.306 e. The van der Waals surface area contributed by atoms with Gasteiger partial charge in [-0.15, -0.1) is 0 Å². The second kappa shape index (κ2) is 60.2. The molecule has 0 rings (SSSR count). The largest absolute Gasteiger partial charge is 0.462 e. The molecule has 0 aromatic rings. The highest BCUT2D eigenvalue weighted by Gasteiger charge is 2.19. The quantitative estimate of drug-likeness (QED) is 0.0261. The van der Waals surface area contributed by atoms with Gasteiger partial charge in [-0.25, -0.2) is 0 Å². The third-order valence-electron chi connectivity index (χ3n) is 14.1. The van der Waals surface area contributed by atoms with Gasteiger partial charge in [-0.2, -0.15) is 0 Å². The average Bonchev–Trinajstić information content (AvgIpc) is 3.37. The van der Waals surface area contributed by atoms with Gasteiger partial charge in [0.25, 0.3) is 0 Å². The van der Waals surface area contributed by atoms with Crippen molar-refractivity contribution in [3.8, 4) is 0 Å². The molecule has 0 spiro atoms. The molecule has 0 fully saturated rings. The first kappa shape index (κ1) is 68.6. The number of carbonyl (C=O) groups is 3. The van der Waals surface area contributed by atoms with E-state index < -0.39 is 6.10 Å². The van der Waals surface area contributed by atoms with Crippen molar-refractivity contribution in [3.63, 3.8) is 0 Å². The van der Waals surface area contributed by atoms with Crippen molar-refractivity contribution >= 4 is 17.9 Å². The Kier molecular flexibility index (Phi) is 58.2. The SMILES string of the molecule is CCCCC/C=C\C/C=C\C/C=C\CCCCCCC(=O)O[C@@H](COC(=O)CCCCCCCCCCCCCCCCCCC)COC(=O)CCCCCCCCCCCCCCCCCCCCC. The molecule has 0 N–H and O–H groups in total. The van der Waals surface area contributed by atoms with Gasteiger partial charge in [-0.3, -0.25) is 14.4 Å². The normalized spacial score (nSPS) is 12.2. The Hall–Kier alpha value is -2.37. The molecule has 0 saturated heterocycles. The second-order valence-corrected chi connectivity index (χ2v) is 21.3. The summed E-state index contributed by atoms with van der Waals surface area (Å²) in [6.45, 7) is 6.66. The highest BCUT2D eigenvalue weighted by atomic mass is 16.6. The molecule has 0 aliphatic heterocycles. The van der Waals surface area contributed by atoms with E-state index in [0.717, 1.165) is 83.5 Å². The van der Waals surface area contributed by atoms with Crippen LogP contribution in [0, 0.1) is 0 Å². The highest BCUT2D eigenvalue weighted by Crippen LogP contribution is 2.18. The van der Waals surface area contributed by atoms with Gasteiger partial charge in [0, 0.05) is 19.3 Å². The molecule has 6 nitrogen and oxygen atoms in total. The van der Waals surface area contributed by atoms with E-state index in [-0.39, 0.29) is 31.1 Å². The van der Waals surface area contributed by atoms with E-state index in [2.05, 4.69) is 57.2 Å². The van der Waals surface area contributed by atoms with Crippen LogP contribution in [0.5, 0.6) is 0 Å². The lowest BCUT2D eigenvalue weighted by Crippen LogP contribution is -2.30. The number of unbranched alkanes of at least 4 members (excludes halogenated alkanes) is 41. The fourth-order valence-electron chi connectivity index (χ4n) is 9.39. The first-order valence-electron chi connectivity index (χ1n) is 31.5. The van der Waals surface area contributed by atoms with Crippen LogP contribution in [0.4, 0.5) is 0 Å². The molecule has 0 aliphatic rings. The zero-order chi connectivity index (χ0) is 51.4. The van der Waals surface area contributed by atoms with Gasteiger partial charge in [-0.05, 0) is 57.8 Å². The molecule has 0 amide bonds. The maximum absolute atomic E-state index is 12.9. The monoisotopic (exact) mass is 997 g/mol. The predicted molar refractivity (Wildman–Crippen MR) is 307 cm³/mol. The van der Waals surface area contributed by atoms with E-state index in [4.69, 9.17) is 14.2 Å². The summed E-state index contributed by atoms with van der Waals surface area (Å²) in [4.78, 5) is 38.3. The maximum atomic E-state index is 12.9. The zero-order valence-electron chi connectivity index (χ0n) is 47.8. The van der Waals surface area contributed by atoms with Crippen LogP contribution in [0.2, 0.25) is 0 Å². The lowest BCUT2D eigenvalue weighted by Gasteiger charge is -2.18. The van der Waals surface area contributed by atoms with Crippen molar-refractivity contribution < 1.29 is 28.6 Å². The van der Waals surface area contributed by atoms with Gasteiger partial charge >= 0.3 is 17.9 Å². The summed E-state index contributed by atoms with van der Waals surface area (Å²) < 4.78 is 16.9. The molecule has 0 aromatic carbocycles. The molecule has 0 aromatic heterocycles. The Bertz CT molecular complexity index is 1190. The van der Waals surface area contributed by atoms with Crippen molar-refractivity contribution in [2.45, 2.75) is 348 Å². The Morgan fingerprint density at radius 1 is 0.282 bits per heavy atom. The van der Waals surface area contributed by atoms with E-state index in [9.17, 15) is 14.4 Å². The summed E-state index contributed by atoms with van der Waals surface area (Å²) in [6, 6.07) is 0. The predicted octanol–water partition coefficient (Wildman–Crippen LogP) is 21.2. The van der Waals surface area contributed by atoms with Crippen LogP contribution in [-0.2, 0) is 28.6 Å². The van der Waals surface area contributed by atoms with Crippen LogP contribution >= 0.6 is 0 Å².